The normalized spacial score (nSPS) is 10.8. The topological polar surface area (TPSA) is 76.3 Å². The highest BCUT2D eigenvalue weighted by Gasteiger charge is 2.19. The van der Waals surface area contributed by atoms with Crippen molar-refractivity contribution in [1.29, 1.82) is 0 Å². The first kappa shape index (κ1) is 15.7. The van der Waals surface area contributed by atoms with E-state index in [1.807, 2.05) is 6.92 Å². The van der Waals surface area contributed by atoms with Gasteiger partial charge in [-0.15, -0.1) is 0 Å². The molecule has 1 aromatic heterocycles. The second-order valence-corrected chi connectivity index (χ2v) is 4.50. The second kappa shape index (κ2) is 7.91. The Hall–Kier alpha value is -1.40. The summed E-state index contributed by atoms with van der Waals surface area (Å²) in [5.41, 5.74) is 3.54. The Bertz CT molecular complexity index is 381. The van der Waals surface area contributed by atoms with Gasteiger partial charge in [0.05, 0.1) is 6.61 Å². The largest absolute Gasteiger partial charge is 0.383 e. The van der Waals surface area contributed by atoms with Gasteiger partial charge in [-0.25, -0.2) is 10.8 Å². The molecule has 1 aromatic rings. The predicted molar refractivity (Wildman–Crippen MR) is 78.2 cm³/mol. The van der Waals surface area contributed by atoms with Crippen molar-refractivity contribution in [2.45, 2.75) is 39.7 Å². The molecule has 0 unspecified atom stereocenters. The van der Waals surface area contributed by atoms with Gasteiger partial charge >= 0.3 is 0 Å². The zero-order chi connectivity index (χ0) is 14.3. The lowest BCUT2D eigenvalue weighted by atomic mass is 10.1. The maximum absolute atomic E-state index is 5.39. The number of hydrogen-bond donors (Lipinski definition) is 2. The first-order valence-corrected chi connectivity index (χ1v) is 6.73. The van der Waals surface area contributed by atoms with Crippen LogP contribution in [-0.2, 0) is 4.74 Å². The lowest BCUT2D eigenvalue weighted by molar-refractivity contribution is 0.202. The SMILES string of the molecule is CCC(CC)N(CCOC)c1nc(NN)ncc1C. The van der Waals surface area contributed by atoms with E-state index in [4.69, 9.17) is 10.6 Å². The van der Waals surface area contributed by atoms with Crippen molar-refractivity contribution in [3.05, 3.63) is 11.8 Å². The molecule has 0 radical (unpaired) electrons. The van der Waals surface area contributed by atoms with Crippen LogP contribution < -0.4 is 16.2 Å². The Morgan fingerprint density at radius 1 is 1.42 bits per heavy atom. The molecule has 3 N–H and O–H groups in total. The molecule has 1 heterocycles. The Labute approximate surface area is 115 Å². The average Bonchev–Trinajstić information content (AvgIpc) is 2.44. The van der Waals surface area contributed by atoms with Crippen LogP contribution in [0.5, 0.6) is 0 Å². The van der Waals surface area contributed by atoms with E-state index in [1.54, 1.807) is 13.3 Å². The van der Waals surface area contributed by atoms with E-state index in [0.29, 0.717) is 18.6 Å². The van der Waals surface area contributed by atoms with E-state index in [-0.39, 0.29) is 0 Å². The number of nitrogens with two attached hydrogens (primary N) is 1. The van der Waals surface area contributed by atoms with Crippen LogP contribution in [0, 0.1) is 6.92 Å². The van der Waals surface area contributed by atoms with Gasteiger partial charge in [-0.1, -0.05) is 13.8 Å². The molecule has 0 aliphatic heterocycles. The predicted octanol–water partition coefficient (Wildman–Crippen LogP) is 1.71. The number of ether oxygens (including phenoxy) is 1. The highest BCUT2D eigenvalue weighted by Crippen LogP contribution is 2.22. The quantitative estimate of drug-likeness (QED) is 0.551. The van der Waals surface area contributed by atoms with Gasteiger partial charge in [0.15, 0.2) is 0 Å². The minimum absolute atomic E-state index is 0.439. The number of hydrazine groups is 1. The minimum Gasteiger partial charge on any atom is -0.383 e. The molecule has 0 bridgehead atoms. The first-order chi connectivity index (χ1) is 9.17. The van der Waals surface area contributed by atoms with Crippen LogP contribution in [0.1, 0.15) is 32.3 Å². The average molecular weight is 267 g/mol. The van der Waals surface area contributed by atoms with Crippen molar-refractivity contribution in [2.24, 2.45) is 5.84 Å². The Morgan fingerprint density at radius 3 is 2.63 bits per heavy atom. The molecule has 1 rings (SSSR count). The number of aromatic nitrogens is 2. The molecule has 0 amide bonds. The van der Waals surface area contributed by atoms with Crippen molar-refractivity contribution in [3.8, 4) is 0 Å². The van der Waals surface area contributed by atoms with E-state index >= 15 is 0 Å². The van der Waals surface area contributed by atoms with E-state index < -0.39 is 0 Å². The van der Waals surface area contributed by atoms with Crippen LogP contribution >= 0.6 is 0 Å². The third kappa shape index (κ3) is 4.04. The van der Waals surface area contributed by atoms with Gasteiger partial charge in [0.2, 0.25) is 5.95 Å². The molecule has 0 atom stereocenters. The highest BCUT2D eigenvalue weighted by molar-refractivity contribution is 5.49. The summed E-state index contributed by atoms with van der Waals surface area (Å²) in [5.74, 6) is 6.76. The van der Waals surface area contributed by atoms with Gasteiger partial charge in [-0.2, -0.15) is 4.98 Å². The van der Waals surface area contributed by atoms with Crippen LogP contribution in [0.2, 0.25) is 0 Å². The molecule has 0 saturated carbocycles. The summed E-state index contributed by atoms with van der Waals surface area (Å²) < 4.78 is 5.20. The molecular formula is C13H25N5O. The van der Waals surface area contributed by atoms with Crippen LogP contribution in [0.4, 0.5) is 11.8 Å². The number of methoxy groups -OCH3 is 1. The summed E-state index contributed by atoms with van der Waals surface area (Å²) in [4.78, 5) is 10.9. The second-order valence-electron chi connectivity index (χ2n) is 4.50. The fraction of sp³-hybridized carbons (Fsp3) is 0.692. The maximum atomic E-state index is 5.39. The molecule has 6 heteroatoms. The van der Waals surface area contributed by atoms with Crippen LogP contribution in [0.3, 0.4) is 0 Å². The van der Waals surface area contributed by atoms with Crippen molar-refractivity contribution in [1.82, 2.24) is 9.97 Å². The molecule has 0 aromatic carbocycles. The molecule has 0 saturated heterocycles. The van der Waals surface area contributed by atoms with Crippen molar-refractivity contribution >= 4 is 11.8 Å². The van der Waals surface area contributed by atoms with Crippen molar-refractivity contribution in [2.75, 3.05) is 30.6 Å². The number of nitrogens with zero attached hydrogens (tertiary/aromatic N) is 3. The van der Waals surface area contributed by atoms with E-state index in [0.717, 1.165) is 30.8 Å². The lowest BCUT2D eigenvalue weighted by Crippen LogP contribution is -2.38. The number of anilines is 2. The van der Waals surface area contributed by atoms with Gasteiger partial charge in [0, 0.05) is 31.5 Å². The first-order valence-electron chi connectivity index (χ1n) is 6.73. The van der Waals surface area contributed by atoms with Crippen LogP contribution in [0.25, 0.3) is 0 Å². The number of nitrogen functional groups attached to an aromatic ring is 1. The van der Waals surface area contributed by atoms with E-state index in [1.165, 1.54) is 0 Å². The van der Waals surface area contributed by atoms with Gasteiger partial charge < -0.3 is 9.64 Å². The molecule has 19 heavy (non-hydrogen) atoms. The molecule has 0 spiro atoms. The summed E-state index contributed by atoms with van der Waals surface area (Å²) >= 11 is 0. The van der Waals surface area contributed by atoms with Gasteiger partial charge in [-0.3, -0.25) is 5.43 Å². The van der Waals surface area contributed by atoms with Crippen LogP contribution in [-0.4, -0.2) is 36.3 Å². The number of hydrogen-bond acceptors (Lipinski definition) is 6. The summed E-state index contributed by atoms with van der Waals surface area (Å²) in [6.07, 6.45) is 3.92. The van der Waals surface area contributed by atoms with Gasteiger partial charge in [-0.05, 0) is 19.8 Å². The molecule has 108 valence electrons. The lowest BCUT2D eigenvalue weighted by Gasteiger charge is -2.32. The number of nitrogens with one attached hydrogen (secondary N) is 1. The zero-order valence-corrected chi connectivity index (χ0v) is 12.3. The minimum atomic E-state index is 0.439. The Kier molecular flexibility index (Phi) is 6.52. The summed E-state index contributed by atoms with van der Waals surface area (Å²) in [5, 5.41) is 0. The number of aryl methyl sites for hydroxylation is 1. The third-order valence-electron chi connectivity index (χ3n) is 3.27. The molecule has 0 fully saturated rings. The fourth-order valence-corrected chi connectivity index (χ4v) is 2.17. The highest BCUT2D eigenvalue weighted by atomic mass is 16.5. The molecular weight excluding hydrogens is 242 g/mol. The van der Waals surface area contributed by atoms with Crippen molar-refractivity contribution < 1.29 is 4.74 Å². The van der Waals surface area contributed by atoms with E-state index in [9.17, 15) is 0 Å². The Morgan fingerprint density at radius 2 is 2.11 bits per heavy atom. The zero-order valence-electron chi connectivity index (χ0n) is 12.3. The molecule has 6 nitrogen and oxygen atoms in total. The molecule has 0 aliphatic carbocycles. The third-order valence-corrected chi connectivity index (χ3v) is 3.27. The summed E-state index contributed by atoms with van der Waals surface area (Å²) in [6.45, 7) is 7.87. The van der Waals surface area contributed by atoms with Gasteiger partial charge in [0.1, 0.15) is 5.82 Å². The smallest absolute Gasteiger partial charge is 0.239 e. The molecule has 0 aliphatic rings. The summed E-state index contributed by atoms with van der Waals surface area (Å²) in [7, 11) is 1.71. The monoisotopic (exact) mass is 267 g/mol. The Balaban J connectivity index is 3.07. The van der Waals surface area contributed by atoms with Gasteiger partial charge in [0.25, 0.3) is 0 Å². The maximum Gasteiger partial charge on any atom is 0.239 e. The number of rotatable bonds is 8. The van der Waals surface area contributed by atoms with Crippen molar-refractivity contribution in [3.63, 3.8) is 0 Å². The van der Waals surface area contributed by atoms with Crippen LogP contribution in [0.15, 0.2) is 6.20 Å². The standard InChI is InChI=1S/C13H25N5O/c1-5-11(6-2)18(7-8-19-4)12-10(3)9-15-13(16-12)17-14/h9,11H,5-8,14H2,1-4H3,(H,15,16,17). The summed E-state index contributed by atoms with van der Waals surface area (Å²) in [6, 6.07) is 0.439. The van der Waals surface area contributed by atoms with E-state index in [2.05, 4.69) is 34.1 Å². The fourth-order valence-electron chi connectivity index (χ4n) is 2.17.